The van der Waals surface area contributed by atoms with Crippen molar-refractivity contribution in [1.82, 2.24) is 5.32 Å². The smallest absolute Gasteiger partial charge is 0.325 e. The summed E-state index contributed by atoms with van der Waals surface area (Å²) in [6.07, 6.45) is 0.741. The van der Waals surface area contributed by atoms with Crippen molar-refractivity contribution in [2.45, 2.75) is 47.1 Å². The quantitative estimate of drug-likeness (QED) is 0.749. The lowest BCUT2D eigenvalue weighted by atomic mass is 9.85. The largest absolute Gasteiger partial charge is 0.480 e. The summed E-state index contributed by atoms with van der Waals surface area (Å²) in [5, 5.41) is 11.1. The maximum absolute atomic E-state index is 11.6. The lowest BCUT2D eigenvalue weighted by molar-refractivity contribution is -0.142. The summed E-state index contributed by atoms with van der Waals surface area (Å²) in [6.45, 7) is 9.44. The van der Waals surface area contributed by atoms with E-state index in [1.54, 1.807) is 0 Å². The van der Waals surface area contributed by atoms with Gasteiger partial charge < -0.3 is 10.4 Å². The molecule has 0 aliphatic rings. The molecule has 0 rings (SSSR count). The molecule has 0 aromatic heterocycles. The van der Waals surface area contributed by atoms with Crippen molar-refractivity contribution in [3.05, 3.63) is 0 Å². The molecule has 0 aliphatic heterocycles. The molecule has 0 aromatic carbocycles. The number of carboxylic acid groups (broad SMARTS) is 1. The van der Waals surface area contributed by atoms with E-state index in [9.17, 15) is 9.59 Å². The first-order valence-electron chi connectivity index (χ1n) is 5.16. The van der Waals surface area contributed by atoms with Gasteiger partial charge in [-0.1, -0.05) is 27.7 Å². The van der Waals surface area contributed by atoms with Gasteiger partial charge in [0, 0.05) is 5.92 Å². The molecule has 0 saturated heterocycles. The van der Waals surface area contributed by atoms with Gasteiger partial charge in [0.2, 0.25) is 5.91 Å². The minimum absolute atomic E-state index is 0.0726. The fourth-order valence-corrected chi connectivity index (χ4v) is 1.43. The summed E-state index contributed by atoms with van der Waals surface area (Å²) in [5.41, 5.74) is 0.0726. The zero-order chi connectivity index (χ0) is 12.2. The highest BCUT2D eigenvalue weighted by Gasteiger charge is 2.23. The predicted molar refractivity (Wildman–Crippen MR) is 58.5 cm³/mol. The summed E-state index contributed by atoms with van der Waals surface area (Å²) in [6, 6.07) is -0.820. The Hall–Kier alpha value is -1.06. The van der Waals surface area contributed by atoms with Gasteiger partial charge in [0.15, 0.2) is 0 Å². The van der Waals surface area contributed by atoms with Crippen LogP contribution in [-0.2, 0) is 9.59 Å². The maximum atomic E-state index is 11.6. The standard InChI is InChI=1S/C11H21NO3/c1-7(6-11(3,4)5)9(13)12-8(2)10(14)15/h7-8H,6H2,1-5H3,(H,12,13)(H,14,15)/t7-,8+/m1/s1. The fourth-order valence-electron chi connectivity index (χ4n) is 1.43. The number of hydrogen-bond acceptors (Lipinski definition) is 2. The van der Waals surface area contributed by atoms with E-state index in [1.807, 2.05) is 6.92 Å². The second kappa shape index (κ2) is 5.14. The minimum Gasteiger partial charge on any atom is -0.480 e. The first-order chi connectivity index (χ1) is 6.63. The minimum atomic E-state index is -1.01. The average molecular weight is 215 g/mol. The van der Waals surface area contributed by atoms with Crippen molar-refractivity contribution in [3.63, 3.8) is 0 Å². The molecule has 0 unspecified atom stereocenters. The summed E-state index contributed by atoms with van der Waals surface area (Å²) in [7, 11) is 0. The van der Waals surface area contributed by atoms with Crippen molar-refractivity contribution >= 4 is 11.9 Å². The molecule has 2 N–H and O–H groups in total. The third-order valence-corrected chi connectivity index (χ3v) is 2.10. The van der Waals surface area contributed by atoms with Crippen LogP contribution in [0.5, 0.6) is 0 Å². The number of hydrogen-bond donors (Lipinski definition) is 2. The number of nitrogens with one attached hydrogen (secondary N) is 1. The zero-order valence-corrected chi connectivity index (χ0v) is 10.1. The molecule has 0 spiro atoms. The molecule has 0 heterocycles. The van der Waals surface area contributed by atoms with Crippen molar-refractivity contribution in [2.75, 3.05) is 0 Å². The van der Waals surface area contributed by atoms with Crippen LogP contribution in [0.15, 0.2) is 0 Å². The summed E-state index contributed by atoms with van der Waals surface area (Å²) in [5.74, 6) is -1.36. The van der Waals surface area contributed by atoms with Crippen LogP contribution >= 0.6 is 0 Å². The van der Waals surface area contributed by atoms with E-state index in [0.717, 1.165) is 6.42 Å². The van der Waals surface area contributed by atoms with Gasteiger partial charge in [0.25, 0.3) is 0 Å². The molecular formula is C11H21NO3. The molecule has 88 valence electrons. The Morgan fingerprint density at radius 1 is 1.27 bits per heavy atom. The molecule has 0 aliphatic carbocycles. The van der Waals surface area contributed by atoms with Crippen molar-refractivity contribution in [2.24, 2.45) is 11.3 Å². The summed E-state index contributed by atoms with van der Waals surface area (Å²) >= 11 is 0. The first-order valence-corrected chi connectivity index (χ1v) is 5.16. The van der Waals surface area contributed by atoms with E-state index < -0.39 is 12.0 Å². The molecule has 0 fully saturated rings. The molecule has 4 nitrogen and oxygen atoms in total. The third kappa shape index (κ3) is 6.10. The fraction of sp³-hybridized carbons (Fsp3) is 0.818. The highest BCUT2D eigenvalue weighted by atomic mass is 16.4. The van der Waals surface area contributed by atoms with E-state index in [-0.39, 0.29) is 17.2 Å². The van der Waals surface area contributed by atoms with Crippen LogP contribution in [0.2, 0.25) is 0 Å². The van der Waals surface area contributed by atoms with Gasteiger partial charge in [0.05, 0.1) is 0 Å². The van der Waals surface area contributed by atoms with E-state index in [1.165, 1.54) is 6.92 Å². The molecule has 2 atom stereocenters. The highest BCUT2D eigenvalue weighted by Crippen LogP contribution is 2.24. The van der Waals surface area contributed by atoms with Gasteiger partial charge in [-0.25, -0.2) is 0 Å². The summed E-state index contributed by atoms with van der Waals surface area (Å²) in [4.78, 5) is 22.1. The van der Waals surface area contributed by atoms with Crippen LogP contribution in [0.25, 0.3) is 0 Å². The van der Waals surface area contributed by atoms with E-state index >= 15 is 0 Å². The Morgan fingerprint density at radius 3 is 2.07 bits per heavy atom. The molecule has 15 heavy (non-hydrogen) atoms. The number of rotatable bonds is 4. The lowest BCUT2D eigenvalue weighted by Crippen LogP contribution is -2.41. The number of amides is 1. The molecule has 4 heteroatoms. The second-order valence-corrected chi connectivity index (χ2v) is 5.23. The second-order valence-electron chi connectivity index (χ2n) is 5.23. The SMILES string of the molecule is C[C@H](CC(C)(C)C)C(=O)N[C@@H](C)C(=O)O. The van der Waals surface area contributed by atoms with Crippen LogP contribution < -0.4 is 5.32 Å². The van der Waals surface area contributed by atoms with Crippen LogP contribution in [0.1, 0.15) is 41.0 Å². The number of aliphatic carboxylic acids is 1. The van der Waals surface area contributed by atoms with Crippen molar-refractivity contribution < 1.29 is 14.7 Å². The summed E-state index contributed by atoms with van der Waals surface area (Å²) < 4.78 is 0. The van der Waals surface area contributed by atoms with Crippen LogP contribution in [0, 0.1) is 11.3 Å². The molecule has 0 aromatic rings. The van der Waals surface area contributed by atoms with Crippen LogP contribution in [0.3, 0.4) is 0 Å². The molecule has 0 radical (unpaired) electrons. The van der Waals surface area contributed by atoms with Gasteiger partial charge >= 0.3 is 5.97 Å². The molecular weight excluding hydrogens is 194 g/mol. The number of carbonyl (C=O) groups is 2. The topological polar surface area (TPSA) is 66.4 Å². The Labute approximate surface area is 91.1 Å². The molecule has 0 bridgehead atoms. The Balaban J connectivity index is 4.17. The Morgan fingerprint density at radius 2 is 1.73 bits per heavy atom. The molecule has 0 saturated carbocycles. The van der Waals surface area contributed by atoms with E-state index in [2.05, 4.69) is 26.1 Å². The number of carbonyl (C=O) groups excluding carboxylic acids is 1. The Kier molecular flexibility index (Phi) is 4.78. The average Bonchev–Trinajstić information content (AvgIpc) is 2.00. The molecule has 1 amide bonds. The van der Waals surface area contributed by atoms with Gasteiger partial charge in [-0.2, -0.15) is 0 Å². The third-order valence-electron chi connectivity index (χ3n) is 2.10. The van der Waals surface area contributed by atoms with E-state index in [4.69, 9.17) is 5.11 Å². The predicted octanol–water partition coefficient (Wildman–Crippen LogP) is 1.65. The van der Waals surface area contributed by atoms with Crippen molar-refractivity contribution in [3.8, 4) is 0 Å². The van der Waals surface area contributed by atoms with Crippen LogP contribution in [0.4, 0.5) is 0 Å². The zero-order valence-electron chi connectivity index (χ0n) is 10.1. The number of carboxylic acids is 1. The lowest BCUT2D eigenvalue weighted by Gasteiger charge is -2.23. The normalized spacial score (nSPS) is 15.5. The van der Waals surface area contributed by atoms with E-state index in [0.29, 0.717) is 0 Å². The van der Waals surface area contributed by atoms with Crippen LogP contribution in [-0.4, -0.2) is 23.0 Å². The van der Waals surface area contributed by atoms with Gasteiger partial charge in [-0.15, -0.1) is 0 Å². The van der Waals surface area contributed by atoms with Gasteiger partial charge in [-0.3, -0.25) is 9.59 Å². The van der Waals surface area contributed by atoms with Gasteiger partial charge in [0.1, 0.15) is 6.04 Å². The van der Waals surface area contributed by atoms with Gasteiger partial charge in [-0.05, 0) is 18.8 Å². The Bertz CT molecular complexity index is 243. The van der Waals surface area contributed by atoms with Crippen molar-refractivity contribution in [1.29, 1.82) is 0 Å². The monoisotopic (exact) mass is 215 g/mol. The highest BCUT2D eigenvalue weighted by molar-refractivity contribution is 5.84. The maximum Gasteiger partial charge on any atom is 0.325 e. The first kappa shape index (κ1) is 13.9.